The van der Waals surface area contributed by atoms with Crippen LogP contribution in [-0.4, -0.2) is 15.1 Å². The smallest absolute Gasteiger partial charge is 0.147 e. The maximum Gasteiger partial charge on any atom is 0.147 e. The monoisotopic (exact) mass is 257 g/mol. The van der Waals surface area contributed by atoms with Gasteiger partial charge in [-0.05, 0) is 24.2 Å². The maximum atomic E-state index is 5.86. The van der Waals surface area contributed by atoms with E-state index < -0.39 is 0 Å². The first-order valence-corrected chi connectivity index (χ1v) is 7.16. The fourth-order valence-electron chi connectivity index (χ4n) is 1.23. The van der Waals surface area contributed by atoms with Gasteiger partial charge in [0.2, 0.25) is 0 Å². The molecular weight excluding hydrogens is 246 g/mol. The van der Waals surface area contributed by atoms with Crippen molar-refractivity contribution in [2.45, 2.75) is 18.1 Å². The molecule has 6 heteroatoms. The number of hydrogen-bond donors (Lipinski definition) is 1. The van der Waals surface area contributed by atoms with Gasteiger partial charge in [-0.25, -0.2) is 4.98 Å². The van der Waals surface area contributed by atoms with Crippen LogP contribution < -0.4 is 5.73 Å². The summed E-state index contributed by atoms with van der Waals surface area (Å²) < 4.78 is 5.35. The minimum atomic E-state index is 0.598. The molecule has 3 nitrogen and oxygen atoms in total. The lowest BCUT2D eigenvalue weighted by atomic mass is 10.3. The highest BCUT2D eigenvalue weighted by Crippen LogP contribution is 2.39. The molecule has 0 spiro atoms. The number of nitrogens with zero attached hydrogens (tertiary/aromatic N) is 2. The molecule has 0 aliphatic rings. The number of aromatic nitrogens is 2. The SMILES string of the molecule is CCSc1snc(N)c1-c1csc(C)n1. The van der Waals surface area contributed by atoms with E-state index in [2.05, 4.69) is 16.3 Å². The first kappa shape index (κ1) is 10.9. The van der Waals surface area contributed by atoms with E-state index in [0.717, 1.165) is 22.0 Å². The predicted molar refractivity (Wildman–Crippen MR) is 68.8 cm³/mol. The zero-order valence-electron chi connectivity index (χ0n) is 8.48. The highest BCUT2D eigenvalue weighted by Gasteiger charge is 2.15. The summed E-state index contributed by atoms with van der Waals surface area (Å²) in [6.07, 6.45) is 0. The van der Waals surface area contributed by atoms with E-state index in [-0.39, 0.29) is 0 Å². The second kappa shape index (κ2) is 4.51. The molecule has 0 radical (unpaired) electrons. The number of aryl methyl sites for hydroxylation is 1. The Labute approximate surface area is 101 Å². The third kappa shape index (κ3) is 2.16. The summed E-state index contributed by atoms with van der Waals surface area (Å²) >= 11 is 4.86. The summed E-state index contributed by atoms with van der Waals surface area (Å²) in [6, 6.07) is 0. The Morgan fingerprint density at radius 2 is 2.33 bits per heavy atom. The van der Waals surface area contributed by atoms with Crippen molar-refractivity contribution in [1.29, 1.82) is 0 Å². The quantitative estimate of drug-likeness (QED) is 0.857. The molecule has 0 saturated carbocycles. The molecule has 0 unspecified atom stereocenters. The van der Waals surface area contributed by atoms with Gasteiger partial charge in [-0.2, -0.15) is 4.37 Å². The van der Waals surface area contributed by atoms with E-state index in [4.69, 9.17) is 5.73 Å². The summed E-state index contributed by atoms with van der Waals surface area (Å²) in [4.78, 5) is 4.45. The Kier molecular flexibility index (Phi) is 3.28. The van der Waals surface area contributed by atoms with Gasteiger partial charge in [0.25, 0.3) is 0 Å². The summed E-state index contributed by atoms with van der Waals surface area (Å²) in [5.74, 6) is 1.62. The van der Waals surface area contributed by atoms with Gasteiger partial charge < -0.3 is 5.73 Å². The van der Waals surface area contributed by atoms with Crippen molar-refractivity contribution in [3.8, 4) is 11.3 Å². The second-order valence-electron chi connectivity index (χ2n) is 2.92. The molecule has 0 saturated heterocycles. The Morgan fingerprint density at radius 1 is 1.53 bits per heavy atom. The van der Waals surface area contributed by atoms with Gasteiger partial charge >= 0.3 is 0 Å². The number of nitrogen functional groups attached to an aromatic ring is 1. The molecule has 0 fully saturated rings. The largest absolute Gasteiger partial charge is 0.382 e. The van der Waals surface area contributed by atoms with Crippen molar-refractivity contribution in [3.05, 3.63) is 10.4 Å². The number of thioether (sulfide) groups is 1. The summed E-state index contributed by atoms with van der Waals surface area (Å²) in [5.41, 5.74) is 7.83. The normalized spacial score (nSPS) is 10.8. The molecule has 0 aliphatic heterocycles. The first-order valence-electron chi connectivity index (χ1n) is 4.52. The fourth-order valence-corrected chi connectivity index (χ4v) is 3.70. The molecule has 2 heterocycles. The Morgan fingerprint density at radius 3 is 2.93 bits per heavy atom. The number of hydrogen-bond acceptors (Lipinski definition) is 6. The Hall–Kier alpha value is -0.590. The molecule has 0 bridgehead atoms. The van der Waals surface area contributed by atoms with Crippen LogP contribution in [-0.2, 0) is 0 Å². The van der Waals surface area contributed by atoms with Crippen LogP contribution in [0.5, 0.6) is 0 Å². The molecule has 0 amide bonds. The van der Waals surface area contributed by atoms with E-state index in [9.17, 15) is 0 Å². The molecule has 0 aromatic carbocycles. The van der Waals surface area contributed by atoms with E-state index in [1.54, 1.807) is 23.1 Å². The highest BCUT2D eigenvalue weighted by atomic mass is 32.2. The van der Waals surface area contributed by atoms with Gasteiger partial charge in [-0.15, -0.1) is 23.1 Å². The van der Waals surface area contributed by atoms with Crippen molar-refractivity contribution in [2.24, 2.45) is 0 Å². The van der Waals surface area contributed by atoms with E-state index in [0.29, 0.717) is 5.82 Å². The third-order valence-corrected chi connectivity index (χ3v) is 4.60. The summed E-state index contributed by atoms with van der Waals surface area (Å²) in [7, 11) is 0. The van der Waals surface area contributed by atoms with Crippen LogP contribution in [0.15, 0.2) is 9.59 Å². The van der Waals surface area contributed by atoms with Crippen LogP contribution in [0, 0.1) is 6.92 Å². The van der Waals surface area contributed by atoms with Crippen molar-refractivity contribution in [1.82, 2.24) is 9.36 Å². The molecule has 15 heavy (non-hydrogen) atoms. The van der Waals surface area contributed by atoms with E-state index >= 15 is 0 Å². The molecular formula is C9H11N3S3. The highest BCUT2D eigenvalue weighted by molar-refractivity contribution is 8.01. The molecule has 2 aromatic heterocycles. The van der Waals surface area contributed by atoms with E-state index in [1.807, 2.05) is 12.3 Å². The lowest BCUT2D eigenvalue weighted by Gasteiger charge is -1.98. The van der Waals surface area contributed by atoms with Crippen molar-refractivity contribution >= 4 is 40.4 Å². The number of rotatable bonds is 3. The second-order valence-corrected chi connectivity index (χ2v) is 6.28. The van der Waals surface area contributed by atoms with Crippen LogP contribution in [0.25, 0.3) is 11.3 Å². The van der Waals surface area contributed by atoms with Gasteiger partial charge in [0.05, 0.1) is 20.5 Å². The lowest BCUT2D eigenvalue weighted by molar-refractivity contribution is 1.29. The van der Waals surface area contributed by atoms with Gasteiger partial charge in [-0.1, -0.05) is 6.92 Å². The van der Waals surface area contributed by atoms with Crippen LogP contribution in [0.2, 0.25) is 0 Å². The van der Waals surface area contributed by atoms with Crippen LogP contribution in [0.4, 0.5) is 5.82 Å². The average molecular weight is 257 g/mol. The van der Waals surface area contributed by atoms with Crippen molar-refractivity contribution in [2.75, 3.05) is 11.5 Å². The average Bonchev–Trinajstić information content (AvgIpc) is 2.74. The number of nitrogens with two attached hydrogens (primary N) is 1. The van der Waals surface area contributed by atoms with Gasteiger partial charge in [0.15, 0.2) is 0 Å². The van der Waals surface area contributed by atoms with Crippen LogP contribution in [0.3, 0.4) is 0 Å². The zero-order valence-corrected chi connectivity index (χ0v) is 10.9. The maximum absolute atomic E-state index is 5.86. The van der Waals surface area contributed by atoms with Gasteiger partial charge in [0, 0.05) is 5.38 Å². The standard InChI is InChI=1S/C9H11N3S3/c1-3-13-9-7(8(10)12-15-9)6-4-14-5(2)11-6/h4H,3H2,1-2H3,(H2,10,12). The molecule has 0 aliphatic carbocycles. The first-order chi connectivity index (χ1) is 7.22. The molecule has 2 rings (SSSR count). The van der Waals surface area contributed by atoms with Gasteiger partial charge in [0.1, 0.15) is 5.82 Å². The molecule has 0 atom stereocenters. The topological polar surface area (TPSA) is 51.8 Å². The Balaban J connectivity index is 2.46. The third-order valence-electron chi connectivity index (χ3n) is 1.84. The minimum Gasteiger partial charge on any atom is -0.382 e. The number of anilines is 1. The van der Waals surface area contributed by atoms with Crippen LogP contribution in [0.1, 0.15) is 11.9 Å². The predicted octanol–water partition coefficient (Wildman–Crippen LogP) is 3.27. The molecule has 80 valence electrons. The minimum absolute atomic E-state index is 0.598. The lowest BCUT2D eigenvalue weighted by Crippen LogP contribution is -1.88. The zero-order chi connectivity index (χ0) is 10.8. The number of thiazole rings is 1. The van der Waals surface area contributed by atoms with Crippen LogP contribution >= 0.6 is 34.6 Å². The molecule has 2 N–H and O–H groups in total. The van der Waals surface area contributed by atoms with Gasteiger partial charge in [-0.3, -0.25) is 0 Å². The fraction of sp³-hybridized carbons (Fsp3) is 0.333. The van der Waals surface area contributed by atoms with E-state index in [1.165, 1.54) is 15.7 Å². The Bertz CT molecular complexity index is 461. The summed E-state index contributed by atoms with van der Waals surface area (Å²) in [6.45, 7) is 4.12. The summed E-state index contributed by atoms with van der Waals surface area (Å²) in [5, 5.41) is 3.10. The van der Waals surface area contributed by atoms with Crippen molar-refractivity contribution in [3.63, 3.8) is 0 Å². The van der Waals surface area contributed by atoms with Crippen molar-refractivity contribution < 1.29 is 0 Å². The molecule has 2 aromatic rings.